The summed E-state index contributed by atoms with van der Waals surface area (Å²) in [6.07, 6.45) is 4.34. The van der Waals surface area contributed by atoms with Crippen molar-refractivity contribution in [1.82, 2.24) is 15.1 Å². The van der Waals surface area contributed by atoms with Gasteiger partial charge in [-0.3, -0.25) is 9.48 Å². The summed E-state index contributed by atoms with van der Waals surface area (Å²) in [5, 5.41) is 18.0. The smallest absolute Gasteiger partial charge is 0.335 e. The van der Waals surface area contributed by atoms with Crippen LogP contribution in [0.25, 0.3) is 33.2 Å². The van der Waals surface area contributed by atoms with Crippen molar-refractivity contribution in [2.24, 2.45) is 0 Å². The highest BCUT2D eigenvalue weighted by Crippen LogP contribution is 2.46. The molecule has 1 aliphatic rings. The van der Waals surface area contributed by atoms with Crippen LogP contribution in [0, 0.1) is 0 Å². The number of hydrogen-bond acceptors (Lipinski definition) is 5. The molecule has 0 aliphatic heterocycles. The van der Waals surface area contributed by atoms with E-state index in [-0.39, 0.29) is 16.4 Å². The van der Waals surface area contributed by atoms with Crippen molar-refractivity contribution in [3.05, 3.63) is 144 Å². The summed E-state index contributed by atoms with van der Waals surface area (Å²) in [5.74, 6) is -1.30. The Morgan fingerprint density at radius 3 is 2.15 bits per heavy atom. The van der Waals surface area contributed by atoms with Crippen LogP contribution in [0.4, 0.5) is 0 Å². The third-order valence-electron chi connectivity index (χ3n) is 8.75. The van der Waals surface area contributed by atoms with Crippen LogP contribution in [0.5, 0.6) is 0 Å². The van der Waals surface area contributed by atoms with Crippen molar-refractivity contribution < 1.29 is 23.1 Å². The molecule has 234 valence electrons. The molecule has 1 saturated carbocycles. The van der Waals surface area contributed by atoms with Gasteiger partial charge < -0.3 is 10.4 Å². The number of carbonyl (C=O) groups excluding carboxylic acids is 1. The van der Waals surface area contributed by atoms with Crippen molar-refractivity contribution >= 4 is 32.6 Å². The average Bonchev–Trinajstić information content (AvgIpc) is 3.76. The molecule has 0 unspecified atom stereocenters. The molecule has 6 aromatic rings. The fraction of sp³-hybridized carbons (Fsp3) is 0.132. The van der Waals surface area contributed by atoms with Crippen LogP contribution < -0.4 is 5.32 Å². The van der Waals surface area contributed by atoms with Crippen LogP contribution in [0.15, 0.2) is 126 Å². The number of nitrogens with one attached hydrogen (secondary N) is 1. The van der Waals surface area contributed by atoms with Crippen LogP contribution in [-0.4, -0.2) is 41.4 Å². The standard InChI is InChI=1S/C38H31N3O5S/c1-47(45,46)33-9-5-8-29(21-33)30-20-31-23-39-41(24-25-10-12-27(13-11-25)26-6-3-2-4-7-26)35(31)34(22-30)36(42)40-38(18-19-38)32-16-14-28(15-17-32)37(43)44/h2-17,20-23H,18-19,24H2,1H3,(H,40,42)(H,43,44). The van der Waals surface area contributed by atoms with Crippen molar-refractivity contribution in [2.75, 3.05) is 6.26 Å². The number of aromatic nitrogens is 2. The maximum atomic E-state index is 14.2. The summed E-state index contributed by atoms with van der Waals surface area (Å²) < 4.78 is 26.5. The molecule has 5 aromatic carbocycles. The molecule has 8 nitrogen and oxygen atoms in total. The quantitative estimate of drug-likeness (QED) is 0.177. The van der Waals surface area contributed by atoms with E-state index >= 15 is 0 Å². The van der Waals surface area contributed by atoms with Crippen LogP contribution in [0.1, 0.15) is 44.7 Å². The highest BCUT2D eigenvalue weighted by molar-refractivity contribution is 7.90. The first-order valence-electron chi connectivity index (χ1n) is 15.2. The lowest BCUT2D eigenvalue weighted by Crippen LogP contribution is -2.35. The highest BCUT2D eigenvalue weighted by Gasteiger charge is 2.46. The lowest BCUT2D eigenvalue weighted by atomic mass is 9.98. The molecule has 7 rings (SSSR count). The number of hydrogen-bond donors (Lipinski definition) is 2. The zero-order chi connectivity index (χ0) is 32.8. The van der Waals surface area contributed by atoms with Crippen molar-refractivity contribution in [3.63, 3.8) is 0 Å². The van der Waals surface area contributed by atoms with E-state index < -0.39 is 21.3 Å². The molecule has 0 atom stereocenters. The van der Waals surface area contributed by atoms with E-state index in [9.17, 15) is 23.1 Å². The zero-order valence-corrected chi connectivity index (χ0v) is 26.4. The average molecular weight is 642 g/mol. The summed E-state index contributed by atoms with van der Waals surface area (Å²) in [6, 6.07) is 35.4. The van der Waals surface area contributed by atoms with E-state index in [4.69, 9.17) is 0 Å². The van der Waals surface area contributed by atoms with Crippen LogP contribution in [-0.2, 0) is 21.9 Å². The Morgan fingerprint density at radius 2 is 1.49 bits per heavy atom. The first-order chi connectivity index (χ1) is 22.6. The second-order valence-electron chi connectivity index (χ2n) is 12.0. The van der Waals surface area contributed by atoms with Crippen molar-refractivity contribution in [2.45, 2.75) is 29.8 Å². The summed E-state index contributed by atoms with van der Waals surface area (Å²) in [6.45, 7) is 0.434. The monoisotopic (exact) mass is 641 g/mol. The fourth-order valence-corrected chi connectivity index (χ4v) is 6.70. The van der Waals surface area contributed by atoms with Gasteiger partial charge in [0, 0.05) is 11.6 Å². The summed E-state index contributed by atoms with van der Waals surface area (Å²) >= 11 is 0. The number of fused-ring (bicyclic) bond motifs is 1. The highest BCUT2D eigenvalue weighted by atomic mass is 32.2. The van der Waals surface area contributed by atoms with E-state index in [0.29, 0.717) is 28.8 Å². The Hall–Kier alpha value is -5.54. The molecule has 2 N–H and O–H groups in total. The molecule has 9 heteroatoms. The van der Waals surface area contributed by atoms with Crippen LogP contribution in [0.3, 0.4) is 0 Å². The van der Waals surface area contributed by atoms with Gasteiger partial charge in [-0.25, -0.2) is 13.2 Å². The Bertz CT molecular complexity index is 2260. The van der Waals surface area contributed by atoms with Gasteiger partial charge in [0.25, 0.3) is 5.91 Å². The fourth-order valence-electron chi connectivity index (χ4n) is 6.03. The van der Waals surface area contributed by atoms with E-state index in [0.717, 1.165) is 40.5 Å². The van der Waals surface area contributed by atoms with Gasteiger partial charge in [0.05, 0.1) is 39.8 Å². The van der Waals surface area contributed by atoms with Crippen molar-refractivity contribution in [3.8, 4) is 22.3 Å². The number of carbonyl (C=O) groups is 2. The minimum Gasteiger partial charge on any atom is -0.478 e. The van der Waals surface area contributed by atoms with E-state index in [1.54, 1.807) is 54.7 Å². The molecule has 0 spiro atoms. The Morgan fingerprint density at radius 1 is 0.809 bits per heavy atom. The maximum Gasteiger partial charge on any atom is 0.335 e. The van der Waals surface area contributed by atoms with Gasteiger partial charge in [0.15, 0.2) is 9.84 Å². The molecule has 0 bridgehead atoms. The molecular formula is C38H31N3O5S. The number of aromatic carboxylic acids is 1. The maximum absolute atomic E-state index is 14.2. The number of nitrogens with zero attached hydrogens (tertiary/aromatic N) is 2. The van der Waals surface area contributed by atoms with Crippen LogP contribution >= 0.6 is 0 Å². The molecule has 47 heavy (non-hydrogen) atoms. The summed E-state index contributed by atoms with van der Waals surface area (Å²) in [4.78, 5) is 25.8. The first-order valence-corrected chi connectivity index (χ1v) is 17.1. The molecule has 0 saturated heterocycles. The molecule has 1 heterocycles. The molecule has 0 radical (unpaired) electrons. The topological polar surface area (TPSA) is 118 Å². The first kappa shape index (κ1) is 30.1. The minimum absolute atomic E-state index is 0.183. The summed E-state index contributed by atoms with van der Waals surface area (Å²) in [7, 11) is -3.44. The van der Waals surface area contributed by atoms with E-state index in [1.807, 2.05) is 35.0 Å². The molecule has 1 fully saturated rings. The third kappa shape index (κ3) is 6.05. The predicted molar refractivity (Wildman–Crippen MR) is 181 cm³/mol. The number of sulfone groups is 1. The second kappa shape index (κ2) is 11.7. The van der Waals surface area contributed by atoms with E-state index in [1.165, 1.54) is 6.26 Å². The number of carboxylic acid groups (broad SMARTS) is 1. The van der Waals surface area contributed by atoms with Gasteiger partial charge in [-0.15, -0.1) is 0 Å². The lowest BCUT2D eigenvalue weighted by Gasteiger charge is -2.20. The Balaban J connectivity index is 1.28. The minimum atomic E-state index is -3.44. The number of amides is 1. The normalized spacial score (nSPS) is 13.7. The third-order valence-corrected chi connectivity index (χ3v) is 9.86. The van der Waals surface area contributed by atoms with Gasteiger partial charge >= 0.3 is 5.97 Å². The predicted octanol–water partition coefficient (Wildman–Crippen LogP) is 6.94. The van der Waals surface area contributed by atoms with Gasteiger partial charge in [-0.05, 0) is 82.6 Å². The molecule has 1 aliphatic carbocycles. The lowest BCUT2D eigenvalue weighted by molar-refractivity contribution is 0.0696. The van der Waals surface area contributed by atoms with Gasteiger partial charge in [0.2, 0.25) is 0 Å². The Labute approximate surface area is 272 Å². The number of carboxylic acids is 1. The van der Waals surface area contributed by atoms with Crippen LogP contribution in [0.2, 0.25) is 0 Å². The van der Waals surface area contributed by atoms with Crippen molar-refractivity contribution in [1.29, 1.82) is 0 Å². The summed E-state index contributed by atoms with van der Waals surface area (Å²) in [5.41, 5.74) is 6.10. The van der Waals surface area contributed by atoms with E-state index in [2.05, 4.69) is 46.8 Å². The van der Waals surface area contributed by atoms with Gasteiger partial charge in [0.1, 0.15) is 0 Å². The molecule has 1 amide bonds. The zero-order valence-electron chi connectivity index (χ0n) is 25.6. The SMILES string of the molecule is CS(=O)(=O)c1cccc(-c2cc(C(=O)NC3(c4ccc(C(=O)O)cc4)CC3)c3c(cnn3Cc3ccc(-c4ccccc4)cc3)c2)c1. The van der Waals surface area contributed by atoms with Gasteiger partial charge in [-0.2, -0.15) is 5.10 Å². The Kier molecular flexibility index (Phi) is 7.48. The second-order valence-corrected chi connectivity index (χ2v) is 14.1. The number of rotatable bonds is 9. The largest absolute Gasteiger partial charge is 0.478 e. The number of benzene rings is 5. The molecule has 1 aromatic heterocycles. The molecular weight excluding hydrogens is 611 g/mol. The van der Waals surface area contributed by atoms with Gasteiger partial charge in [-0.1, -0.05) is 78.9 Å².